The van der Waals surface area contributed by atoms with Gasteiger partial charge in [0.15, 0.2) is 0 Å². The Bertz CT molecular complexity index is 557. The molecule has 1 N–H and O–H groups in total. The van der Waals surface area contributed by atoms with E-state index in [0.29, 0.717) is 15.2 Å². The Morgan fingerprint density at radius 2 is 2.22 bits per heavy atom. The second kappa shape index (κ2) is 7.60. The third-order valence-electron chi connectivity index (χ3n) is 3.81. The van der Waals surface area contributed by atoms with Crippen LogP contribution in [0, 0.1) is 0 Å². The number of rotatable bonds is 4. The third-order valence-corrected chi connectivity index (χ3v) is 5.33. The van der Waals surface area contributed by atoms with Crippen molar-refractivity contribution >= 4 is 40.6 Å². The fraction of sp³-hybridized carbons (Fsp3) is 0.688. The summed E-state index contributed by atoms with van der Waals surface area (Å²) in [5, 5.41) is 3.46. The standard InChI is InChI=1S/C16H24Cl2N2O2S/c1-10(12-8-13(17)23-14(12)18)19-9-11-6-5-7-20(11)15(21)22-16(2,3)4/h8,10-11,19H,5-7,9H2,1-4H3. The summed E-state index contributed by atoms with van der Waals surface area (Å²) in [4.78, 5) is 14.1. The summed E-state index contributed by atoms with van der Waals surface area (Å²) in [6.45, 7) is 9.18. The number of nitrogens with zero attached hydrogens (tertiary/aromatic N) is 1. The van der Waals surface area contributed by atoms with Crippen molar-refractivity contribution in [2.75, 3.05) is 13.1 Å². The van der Waals surface area contributed by atoms with Gasteiger partial charge >= 0.3 is 6.09 Å². The van der Waals surface area contributed by atoms with Gasteiger partial charge in [0.05, 0.1) is 8.67 Å². The van der Waals surface area contributed by atoms with E-state index in [0.717, 1.165) is 24.9 Å². The first-order valence-corrected chi connectivity index (χ1v) is 9.42. The third kappa shape index (κ3) is 5.24. The summed E-state index contributed by atoms with van der Waals surface area (Å²) in [5.41, 5.74) is 0.537. The van der Waals surface area contributed by atoms with Crippen LogP contribution in [0.5, 0.6) is 0 Å². The van der Waals surface area contributed by atoms with Gasteiger partial charge in [-0.15, -0.1) is 11.3 Å². The molecule has 1 aliphatic rings. The van der Waals surface area contributed by atoms with Gasteiger partial charge in [0, 0.05) is 25.2 Å². The highest BCUT2D eigenvalue weighted by Crippen LogP contribution is 2.35. The number of halogens is 2. The van der Waals surface area contributed by atoms with Crippen LogP contribution in [0.4, 0.5) is 4.79 Å². The molecule has 0 saturated carbocycles. The highest BCUT2D eigenvalue weighted by molar-refractivity contribution is 7.20. The first-order valence-electron chi connectivity index (χ1n) is 7.85. The molecule has 7 heteroatoms. The van der Waals surface area contributed by atoms with Gasteiger partial charge in [0.2, 0.25) is 0 Å². The lowest BCUT2D eigenvalue weighted by molar-refractivity contribution is 0.0225. The predicted molar refractivity (Wildman–Crippen MR) is 96.7 cm³/mol. The molecule has 0 spiro atoms. The van der Waals surface area contributed by atoms with Crippen LogP contribution in [0.25, 0.3) is 0 Å². The highest BCUT2D eigenvalue weighted by atomic mass is 35.5. The maximum absolute atomic E-state index is 12.3. The molecule has 1 aliphatic heterocycles. The van der Waals surface area contributed by atoms with Gasteiger partial charge in [-0.25, -0.2) is 4.79 Å². The Morgan fingerprint density at radius 1 is 1.52 bits per heavy atom. The number of hydrogen-bond acceptors (Lipinski definition) is 4. The molecule has 0 radical (unpaired) electrons. The fourth-order valence-corrected chi connectivity index (χ4v) is 4.33. The van der Waals surface area contributed by atoms with Gasteiger partial charge in [-0.2, -0.15) is 0 Å². The van der Waals surface area contributed by atoms with Crippen LogP contribution in [-0.4, -0.2) is 35.7 Å². The van der Waals surface area contributed by atoms with Crippen molar-refractivity contribution in [2.45, 2.75) is 58.2 Å². The van der Waals surface area contributed by atoms with E-state index in [1.54, 1.807) is 0 Å². The zero-order valence-electron chi connectivity index (χ0n) is 14.0. The van der Waals surface area contributed by atoms with E-state index >= 15 is 0 Å². The molecule has 23 heavy (non-hydrogen) atoms. The van der Waals surface area contributed by atoms with Crippen molar-refractivity contribution in [2.24, 2.45) is 0 Å². The van der Waals surface area contributed by atoms with Crippen molar-refractivity contribution in [1.29, 1.82) is 0 Å². The molecular formula is C16H24Cl2N2O2S. The minimum atomic E-state index is -0.466. The number of hydrogen-bond donors (Lipinski definition) is 1. The average molecular weight is 379 g/mol. The van der Waals surface area contributed by atoms with Gasteiger partial charge in [-0.1, -0.05) is 23.2 Å². The normalized spacial score (nSPS) is 19.9. The molecule has 1 amide bonds. The van der Waals surface area contributed by atoms with Gasteiger partial charge in [0.25, 0.3) is 0 Å². The van der Waals surface area contributed by atoms with Crippen LogP contribution in [-0.2, 0) is 4.74 Å². The van der Waals surface area contributed by atoms with E-state index in [1.807, 2.05) is 31.7 Å². The van der Waals surface area contributed by atoms with Gasteiger partial charge in [0.1, 0.15) is 5.60 Å². The summed E-state index contributed by atoms with van der Waals surface area (Å²) in [6.07, 6.45) is 1.76. The SMILES string of the molecule is CC(NCC1CCCN1C(=O)OC(C)(C)C)c1cc(Cl)sc1Cl. The van der Waals surface area contributed by atoms with Crippen LogP contribution in [0.1, 0.15) is 52.1 Å². The number of carbonyl (C=O) groups is 1. The lowest BCUT2D eigenvalue weighted by Crippen LogP contribution is -2.44. The minimum Gasteiger partial charge on any atom is -0.444 e. The zero-order valence-corrected chi connectivity index (χ0v) is 16.3. The molecular weight excluding hydrogens is 355 g/mol. The number of carbonyl (C=O) groups excluding carboxylic acids is 1. The Balaban J connectivity index is 1.91. The molecule has 130 valence electrons. The van der Waals surface area contributed by atoms with Crippen LogP contribution in [0.2, 0.25) is 8.67 Å². The van der Waals surface area contributed by atoms with Crippen molar-refractivity contribution in [3.8, 4) is 0 Å². The number of likely N-dealkylation sites (tertiary alicyclic amines) is 1. The topological polar surface area (TPSA) is 41.6 Å². The van der Waals surface area contributed by atoms with Crippen LogP contribution in [0.15, 0.2) is 6.07 Å². The molecule has 1 saturated heterocycles. The van der Waals surface area contributed by atoms with Crippen molar-refractivity contribution in [3.63, 3.8) is 0 Å². The monoisotopic (exact) mass is 378 g/mol. The molecule has 0 aliphatic carbocycles. The van der Waals surface area contributed by atoms with Crippen molar-refractivity contribution in [3.05, 3.63) is 20.3 Å². The van der Waals surface area contributed by atoms with Gasteiger partial charge in [-0.3, -0.25) is 0 Å². The summed E-state index contributed by atoms with van der Waals surface area (Å²) in [7, 11) is 0. The summed E-state index contributed by atoms with van der Waals surface area (Å²) >= 11 is 13.6. The average Bonchev–Trinajstić information content (AvgIpc) is 3.00. The lowest BCUT2D eigenvalue weighted by Gasteiger charge is -2.29. The number of nitrogens with one attached hydrogen (secondary N) is 1. The molecule has 0 bridgehead atoms. The highest BCUT2D eigenvalue weighted by Gasteiger charge is 2.32. The molecule has 1 aromatic heterocycles. The molecule has 4 nitrogen and oxygen atoms in total. The van der Waals surface area contributed by atoms with Crippen molar-refractivity contribution < 1.29 is 9.53 Å². The Hall–Kier alpha value is -0.490. The Kier molecular flexibility index (Phi) is 6.22. The first-order chi connectivity index (χ1) is 10.7. The second-order valence-corrected chi connectivity index (χ2v) is 9.16. The number of ether oxygens (including phenoxy) is 1. The predicted octanol–water partition coefficient (Wildman–Crippen LogP) is 5.11. The molecule has 2 unspecified atom stereocenters. The van der Waals surface area contributed by atoms with Gasteiger partial charge < -0.3 is 15.0 Å². The Morgan fingerprint density at radius 3 is 2.78 bits per heavy atom. The van der Waals surface area contributed by atoms with E-state index in [-0.39, 0.29) is 18.2 Å². The van der Waals surface area contributed by atoms with E-state index in [2.05, 4.69) is 12.2 Å². The number of thiophene rings is 1. The molecule has 1 aromatic rings. The smallest absolute Gasteiger partial charge is 0.410 e. The van der Waals surface area contributed by atoms with E-state index < -0.39 is 5.60 Å². The van der Waals surface area contributed by atoms with Crippen LogP contribution >= 0.6 is 34.5 Å². The Labute approximate surface area is 152 Å². The number of amides is 1. The maximum Gasteiger partial charge on any atom is 0.410 e. The van der Waals surface area contributed by atoms with Crippen LogP contribution < -0.4 is 5.32 Å². The quantitative estimate of drug-likeness (QED) is 0.791. The summed E-state index contributed by atoms with van der Waals surface area (Å²) in [5.74, 6) is 0. The molecule has 1 fully saturated rings. The lowest BCUT2D eigenvalue weighted by atomic mass is 10.1. The molecule has 2 heterocycles. The maximum atomic E-state index is 12.3. The molecule has 0 aromatic carbocycles. The van der Waals surface area contributed by atoms with Crippen LogP contribution in [0.3, 0.4) is 0 Å². The minimum absolute atomic E-state index is 0.0901. The van der Waals surface area contributed by atoms with Crippen molar-refractivity contribution in [1.82, 2.24) is 10.2 Å². The molecule has 2 atom stereocenters. The zero-order chi connectivity index (χ0) is 17.2. The first kappa shape index (κ1) is 18.8. The summed E-state index contributed by atoms with van der Waals surface area (Å²) in [6, 6.07) is 2.14. The molecule has 2 rings (SSSR count). The van der Waals surface area contributed by atoms with E-state index in [9.17, 15) is 4.79 Å². The largest absolute Gasteiger partial charge is 0.444 e. The van der Waals surface area contributed by atoms with E-state index in [4.69, 9.17) is 27.9 Å². The second-order valence-electron chi connectivity index (χ2n) is 6.88. The van der Waals surface area contributed by atoms with Gasteiger partial charge in [-0.05, 0) is 52.2 Å². The summed E-state index contributed by atoms with van der Waals surface area (Å²) < 4.78 is 6.89. The fourth-order valence-electron chi connectivity index (χ4n) is 2.68. The van der Waals surface area contributed by atoms with E-state index in [1.165, 1.54) is 11.3 Å².